The maximum atomic E-state index is 11.7. The maximum absolute atomic E-state index is 11.7. The molecule has 17 heavy (non-hydrogen) atoms. The Bertz CT molecular complexity index is 360. The predicted molar refractivity (Wildman–Crippen MR) is 69.5 cm³/mol. The Hall–Kier alpha value is -0.960. The van der Waals surface area contributed by atoms with Crippen molar-refractivity contribution >= 4 is 17.5 Å². The normalized spacial score (nSPS) is 12.8. The zero-order valence-electron chi connectivity index (χ0n) is 10.6. The fourth-order valence-corrected chi connectivity index (χ4v) is 2.01. The molecule has 1 unspecified atom stereocenters. The third kappa shape index (κ3) is 4.82. The SMILES string of the molecule is CCc1ccc(C(=O)NCC(Cl)CC(C)C)o1. The number of furan rings is 1. The standard InChI is InChI=1S/C13H20ClNO2/c1-4-11-5-6-12(17-11)13(16)15-8-10(14)7-9(2)3/h5-6,9-10H,4,7-8H2,1-3H3,(H,15,16). The van der Waals surface area contributed by atoms with Gasteiger partial charge in [-0.2, -0.15) is 0 Å². The molecule has 0 bridgehead atoms. The first-order valence-corrected chi connectivity index (χ1v) is 6.47. The molecular formula is C13H20ClNO2. The Labute approximate surface area is 108 Å². The van der Waals surface area contributed by atoms with Crippen molar-refractivity contribution in [3.05, 3.63) is 23.7 Å². The number of alkyl halides is 1. The Morgan fingerprint density at radius 3 is 2.71 bits per heavy atom. The second kappa shape index (κ2) is 6.70. The highest BCUT2D eigenvalue weighted by Gasteiger charge is 2.13. The summed E-state index contributed by atoms with van der Waals surface area (Å²) in [5.41, 5.74) is 0. The molecule has 0 aromatic carbocycles. The highest BCUT2D eigenvalue weighted by molar-refractivity contribution is 6.20. The number of carbonyl (C=O) groups is 1. The van der Waals surface area contributed by atoms with Crippen LogP contribution in [0.2, 0.25) is 0 Å². The number of halogens is 1. The van der Waals surface area contributed by atoms with Crippen LogP contribution in [0.1, 0.15) is 43.5 Å². The molecular weight excluding hydrogens is 238 g/mol. The molecule has 1 rings (SSSR count). The van der Waals surface area contributed by atoms with Gasteiger partial charge >= 0.3 is 0 Å². The first-order valence-electron chi connectivity index (χ1n) is 6.03. The van der Waals surface area contributed by atoms with Crippen LogP contribution in [0.4, 0.5) is 0 Å². The molecule has 1 aromatic heterocycles. The molecule has 96 valence electrons. The average Bonchev–Trinajstić information content (AvgIpc) is 2.73. The van der Waals surface area contributed by atoms with Gasteiger partial charge in [0.2, 0.25) is 0 Å². The quantitative estimate of drug-likeness (QED) is 0.795. The summed E-state index contributed by atoms with van der Waals surface area (Å²) in [7, 11) is 0. The van der Waals surface area contributed by atoms with Crippen LogP contribution in [0, 0.1) is 5.92 Å². The first kappa shape index (κ1) is 14.1. The van der Waals surface area contributed by atoms with Crippen molar-refractivity contribution in [3.63, 3.8) is 0 Å². The smallest absolute Gasteiger partial charge is 0.287 e. The van der Waals surface area contributed by atoms with Crippen LogP contribution >= 0.6 is 11.6 Å². The van der Waals surface area contributed by atoms with Crippen LogP contribution in [-0.4, -0.2) is 17.8 Å². The number of nitrogens with one attached hydrogen (secondary N) is 1. The summed E-state index contributed by atoms with van der Waals surface area (Å²) in [5.74, 6) is 1.51. The number of aryl methyl sites for hydroxylation is 1. The highest BCUT2D eigenvalue weighted by Crippen LogP contribution is 2.11. The molecule has 4 heteroatoms. The minimum absolute atomic E-state index is 0.0282. The van der Waals surface area contributed by atoms with Crippen LogP contribution in [-0.2, 0) is 6.42 Å². The average molecular weight is 258 g/mol. The molecule has 0 spiro atoms. The topological polar surface area (TPSA) is 42.2 Å². The zero-order chi connectivity index (χ0) is 12.8. The lowest BCUT2D eigenvalue weighted by atomic mass is 10.1. The minimum atomic E-state index is -0.195. The summed E-state index contributed by atoms with van der Waals surface area (Å²) in [6, 6.07) is 3.51. The van der Waals surface area contributed by atoms with E-state index in [2.05, 4.69) is 19.2 Å². The van der Waals surface area contributed by atoms with E-state index in [0.717, 1.165) is 18.6 Å². The van der Waals surface area contributed by atoms with Gasteiger partial charge in [0, 0.05) is 13.0 Å². The highest BCUT2D eigenvalue weighted by atomic mass is 35.5. The van der Waals surface area contributed by atoms with E-state index < -0.39 is 0 Å². The van der Waals surface area contributed by atoms with Crippen molar-refractivity contribution in [3.8, 4) is 0 Å². The van der Waals surface area contributed by atoms with E-state index in [1.54, 1.807) is 6.07 Å². The van der Waals surface area contributed by atoms with Gasteiger partial charge in [0.05, 0.1) is 5.38 Å². The van der Waals surface area contributed by atoms with Crippen LogP contribution < -0.4 is 5.32 Å². The summed E-state index contributed by atoms with van der Waals surface area (Å²) in [6.45, 7) is 6.67. The fourth-order valence-electron chi connectivity index (χ4n) is 1.58. The summed E-state index contributed by atoms with van der Waals surface area (Å²) in [5, 5.41) is 2.75. The second-order valence-corrected chi connectivity index (χ2v) is 5.17. The molecule has 1 aromatic rings. The number of carbonyl (C=O) groups excluding carboxylic acids is 1. The molecule has 1 atom stereocenters. The third-order valence-corrected chi connectivity index (χ3v) is 2.78. The van der Waals surface area contributed by atoms with E-state index in [1.807, 2.05) is 13.0 Å². The van der Waals surface area contributed by atoms with Crippen LogP contribution in [0.25, 0.3) is 0 Å². The molecule has 0 fully saturated rings. The van der Waals surface area contributed by atoms with Gasteiger partial charge in [0.1, 0.15) is 5.76 Å². The largest absolute Gasteiger partial charge is 0.456 e. The van der Waals surface area contributed by atoms with E-state index >= 15 is 0 Å². The fraction of sp³-hybridized carbons (Fsp3) is 0.615. The van der Waals surface area contributed by atoms with Gasteiger partial charge in [-0.15, -0.1) is 11.6 Å². The molecule has 0 aliphatic rings. The van der Waals surface area contributed by atoms with Gasteiger partial charge in [-0.3, -0.25) is 4.79 Å². The molecule has 0 saturated carbocycles. The Balaban J connectivity index is 2.39. The van der Waals surface area contributed by atoms with Gasteiger partial charge in [0.15, 0.2) is 5.76 Å². The van der Waals surface area contributed by atoms with E-state index in [0.29, 0.717) is 18.2 Å². The van der Waals surface area contributed by atoms with Gasteiger partial charge in [-0.1, -0.05) is 20.8 Å². The number of amides is 1. The van der Waals surface area contributed by atoms with Crippen molar-refractivity contribution in [2.24, 2.45) is 5.92 Å². The summed E-state index contributed by atoms with van der Waals surface area (Å²) in [4.78, 5) is 11.7. The molecule has 0 saturated heterocycles. The monoisotopic (exact) mass is 257 g/mol. The van der Waals surface area contributed by atoms with Crippen molar-refractivity contribution in [2.45, 2.75) is 39.0 Å². The van der Waals surface area contributed by atoms with Crippen molar-refractivity contribution < 1.29 is 9.21 Å². The number of rotatable bonds is 6. The van der Waals surface area contributed by atoms with Gasteiger partial charge in [-0.05, 0) is 24.5 Å². The van der Waals surface area contributed by atoms with Crippen molar-refractivity contribution in [1.82, 2.24) is 5.32 Å². The van der Waals surface area contributed by atoms with Gasteiger partial charge in [-0.25, -0.2) is 0 Å². The van der Waals surface area contributed by atoms with Gasteiger partial charge < -0.3 is 9.73 Å². The summed E-state index contributed by atoms with van der Waals surface area (Å²) < 4.78 is 5.35. The Morgan fingerprint density at radius 1 is 1.47 bits per heavy atom. The van der Waals surface area contributed by atoms with Crippen molar-refractivity contribution in [1.29, 1.82) is 0 Å². The lowest BCUT2D eigenvalue weighted by Gasteiger charge is -2.12. The molecule has 1 amide bonds. The van der Waals surface area contributed by atoms with E-state index in [4.69, 9.17) is 16.0 Å². The molecule has 1 N–H and O–H groups in total. The van der Waals surface area contributed by atoms with E-state index in [1.165, 1.54) is 0 Å². The van der Waals surface area contributed by atoms with E-state index in [-0.39, 0.29) is 11.3 Å². The molecule has 1 heterocycles. The Morgan fingerprint density at radius 2 is 2.18 bits per heavy atom. The second-order valence-electron chi connectivity index (χ2n) is 4.56. The molecule has 3 nitrogen and oxygen atoms in total. The molecule has 0 radical (unpaired) electrons. The number of hydrogen-bond donors (Lipinski definition) is 1. The zero-order valence-corrected chi connectivity index (χ0v) is 11.4. The maximum Gasteiger partial charge on any atom is 0.287 e. The Kier molecular flexibility index (Phi) is 5.56. The lowest BCUT2D eigenvalue weighted by Crippen LogP contribution is -2.30. The molecule has 0 aliphatic carbocycles. The third-order valence-electron chi connectivity index (χ3n) is 2.45. The number of hydrogen-bond acceptors (Lipinski definition) is 2. The minimum Gasteiger partial charge on any atom is -0.456 e. The molecule has 0 aliphatic heterocycles. The van der Waals surface area contributed by atoms with E-state index in [9.17, 15) is 4.79 Å². The first-order chi connectivity index (χ1) is 8.02. The summed E-state index contributed by atoms with van der Waals surface area (Å²) >= 11 is 6.09. The van der Waals surface area contributed by atoms with Crippen LogP contribution in [0.3, 0.4) is 0 Å². The van der Waals surface area contributed by atoms with Crippen LogP contribution in [0.5, 0.6) is 0 Å². The van der Waals surface area contributed by atoms with Gasteiger partial charge in [0.25, 0.3) is 5.91 Å². The lowest BCUT2D eigenvalue weighted by molar-refractivity contribution is 0.0923. The predicted octanol–water partition coefficient (Wildman–Crippen LogP) is 3.23. The van der Waals surface area contributed by atoms with Crippen molar-refractivity contribution in [2.75, 3.05) is 6.54 Å². The summed E-state index contributed by atoms with van der Waals surface area (Å²) in [6.07, 6.45) is 1.68. The van der Waals surface area contributed by atoms with Crippen LogP contribution in [0.15, 0.2) is 16.5 Å².